The Kier molecular flexibility index (Phi) is 5.24. The molecule has 2 aromatic carbocycles. The molecule has 7 heteroatoms. The third-order valence-corrected chi connectivity index (χ3v) is 5.48. The minimum absolute atomic E-state index is 0.317. The van der Waals surface area contributed by atoms with Crippen LogP contribution in [0.5, 0.6) is 0 Å². The lowest BCUT2D eigenvalue weighted by Gasteiger charge is -2.36. The molecule has 152 valence electrons. The lowest BCUT2D eigenvalue weighted by molar-refractivity contribution is 0.0935. The van der Waals surface area contributed by atoms with E-state index in [1.165, 1.54) is 24.3 Å². The van der Waals surface area contributed by atoms with E-state index in [9.17, 15) is 13.6 Å². The summed E-state index contributed by atoms with van der Waals surface area (Å²) in [6.07, 6.45) is 0. The number of rotatable bonds is 4. The van der Waals surface area contributed by atoms with Crippen LogP contribution in [0.4, 0.5) is 14.5 Å². The number of likely N-dealkylation sites (N-methyl/N-ethyl adjacent to an activating group) is 1. The number of nitrogens with one attached hydrogen (secondary N) is 2. The van der Waals surface area contributed by atoms with Crippen LogP contribution in [0, 0.1) is 11.6 Å². The van der Waals surface area contributed by atoms with Crippen molar-refractivity contribution in [1.29, 1.82) is 0 Å². The Morgan fingerprint density at radius 3 is 2.48 bits per heavy atom. The second kappa shape index (κ2) is 7.83. The third-order valence-electron chi connectivity index (χ3n) is 5.48. The van der Waals surface area contributed by atoms with Crippen molar-refractivity contribution in [2.45, 2.75) is 13.0 Å². The Labute approximate surface area is 168 Å². The van der Waals surface area contributed by atoms with E-state index in [-0.39, 0.29) is 17.5 Å². The SMILES string of the molecule is CC(NC(=O)c1cc2cc(F)ccc2[nH]1)c1cc(F)ccc1N1CCN(C)CC1. The minimum atomic E-state index is -0.393. The Morgan fingerprint density at radius 2 is 1.72 bits per heavy atom. The van der Waals surface area contributed by atoms with Crippen molar-refractivity contribution in [3.8, 4) is 0 Å². The number of H-pyrrole nitrogens is 1. The van der Waals surface area contributed by atoms with Gasteiger partial charge in [-0.1, -0.05) is 0 Å². The van der Waals surface area contributed by atoms with Gasteiger partial charge in [0.15, 0.2) is 0 Å². The van der Waals surface area contributed by atoms with E-state index < -0.39 is 6.04 Å². The van der Waals surface area contributed by atoms with E-state index in [1.807, 2.05) is 6.92 Å². The number of piperazine rings is 1. The first kappa shape index (κ1) is 19.4. The van der Waals surface area contributed by atoms with Gasteiger partial charge in [0, 0.05) is 48.3 Å². The number of benzene rings is 2. The number of carbonyl (C=O) groups excluding carboxylic acids is 1. The first-order valence-corrected chi connectivity index (χ1v) is 9.73. The van der Waals surface area contributed by atoms with Gasteiger partial charge in [0.2, 0.25) is 0 Å². The molecule has 1 unspecified atom stereocenters. The Balaban J connectivity index is 1.56. The predicted octanol–water partition coefficient (Wildman–Crippen LogP) is 3.69. The average molecular weight is 398 g/mol. The maximum absolute atomic E-state index is 14.0. The van der Waals surface area contributed by atoms with E-state index in [1.54, 1.807) is 18.2 Å². The highest BCUT2D eigenvalue weighted by molar-refractivity contribution is 5.98. The van der Waals surface area contributed by atoms with Gasteiger partial charge in [-0.3, -0.25) is 4.79 Å². The monoisotopic (exact) mass is 398 g/mol. The average Bonchev–Trinajstić information content (AvgIpc) is 3.12. The summed E-state index contributed by atoms with van der Waals surface area (Å²) in [7, 11) is 2.08. The molecular formula is C22H24F2N4O. The normalized spacial score (nSPS) is 16.2. The van der Waals surface area contributed by atoms with Gasteiger partial charge in [0.1, 0.15) is 17.3 Å². The summed E-state index contributed by atoms with van der Waals surface area (Å²) < 4.78 is 27.4. The summed E-state index contributed by atoms with van der Waals surface area (Å²) in [5.41, 5.74) is 2.71. The van der Waals surface area contributed by atoms with Gasteiger partial charge >= 0.3 is 0 Å². The number of hydrogen-bond donors (Lipinski definition) is 2. The van der Waals surface area contributed by atoms with E-state index in [2.05, 4.69) is 27.1 Å². The molecule has 0 aliphatic carbocycles. The van der Waals surface area contributed by atoms with Crippen molar-refractivity contribution in [3.05, 3.63) is 65.4 Å². The molecule has 2 heterocycles. The first-order chi connectivity index (χ1) is 13.9. The van der Waals surface area contributed by atoms with Crippen LogP contribution < -0.4 is 10.2 Å². The molecule has 0 spiro atoms. The van der Waals surface area contributed by atoms with E-state index in [0.29, 0.717) is 16.6 Å². The third kappa shape index (κ3) is 4.10. The fourth-order valence-corrected chi connectivity index (χ4v) is 3.79. The Hall–Kier alpha value is -2.93. The van der Waals surface area contributed by atoms with E-state index in [0.717, 1.165) is 37.4 Å². The number of fused-ring (bicyclic) bond motifs is 1. The van der Waals surface area contributed by atoms with Crippen LogP contribution in [-0.2, 0) is 0 Å². The number of carbonyl (C=O) groups is 1. The summed E-state index contributed by atoms with van der Waals surface area (Å²) in [6, 6.07) is 10.3. The molecule has 1 aromatic heterocycles. The van der Waals surface area contributed by atoms with Crippen molar-refractivity contribution < 1.29 is 13.6 Å². The molecule has 3 aromatic rings. The van der Waals surface area contributed by atoms with Crippen LogP contribution in [-0.4, -0.2) is 49.0 Å². The smallest absolute Gasteiger partial charge is 0.268 e. The fraction of sp³-hybridized carbons (Fsp3) is 0.318. The molecule has 0 saturated carbocycles. The number of amides is 1. The van der Waals surface area contributed by atoms with Crippen molar-refractivity contribution in [2.24, 2.45) is 0 Å². The number of hydrogen-bond acceptors (Lipinski definition) is 3. The molecule has 1 atom stereocenters. The van der Waals surface area contributed by atoms with Crippen LogP contribution in [0.3, 0.4) is 0 Å². The minimum Gasteiger partial charge on any atom is -0.369 e. The molecule has 1 fully saturated rings. The summed E-state index contributed by atoms with van der Waals surface area (Å²) >= 11 is 0. The Bertz CT molecular complexity index is 1040. The lowest BCUT2D eigenvalue weighted by Crippen LogP contribution is -2.45. The topological polar surface area (TPSA) is 51.4 Å². The highest BCUT2D eigenvalue weighted by Crippen LogP contribution is 2.28. The largest absolute Gasteiger partial charge is 0.369 e. The van der Waals surface area contributed by atoms with Crippen LogP contribution in [0.2, 0.25) is 0 Å². The zero-order chi connectivity index (χ0) is 20.5. The quantitative estimate of drug-likeness (QED) is 0.705. The lowest BCUT2D eigenvalue weighted by atomic mass is 10.0. The summed E-state index contributed by atoms with van der Waals surface area (Å²) in [5.74, 6) is -1.00. The Morgan fingerprint density at radius 1 is 1.03 bits per heavy atom. The van der Waals surface area contributed by atoms with Gasteiger partial charge in [-0.25, -0.2) is 8.78 Å². The van der Waals surface area contributed by atoms with Crippen LogP contribution in [0.15, 0.2) is 42.5 Å². The molecule has 29 heavy (non-hydrogen) atoms. The second-order valence-electron chi connectivity index (χ2n) is 7.60. The predicted molar refractivity (Wildman–Crippen MR) is 110 cm³/mol. The van der Waals surface area contributed by atoms with Crippen molar-refractivity contribution in [2.75, 3.05) is 38.1 Å². The van der Waals surface area contributed by atoms with Crippen molar-refractivity contribution in [3.63, 3.8) is 0 Å². The number of aromatic amines is 1. The van der Waals surface area contributed by atoms with Gasteiger partial charge in [-0.2, -0.15) is 0 Å². The van der Waals surface area contributed by atoms with Crippen LogP contribution >= 0.6 is 0 Å². The highest BCUT2D eigenvalue weighted by Gasteiger charge is 2.22. The molecule has 0 bridgehead atoms. The molecule has 5 nitrogen and oxygen atoms in total. The fourth-order valence-electron chi connectivity index (χ4n) is 3.79. The number of nitrogens with zero attached hydrogens (tertiary/aromatic N) is 2. The summed E-state index contributed by atoms with van der Waals surface area (Å²) in [5, 5.41) is 3.57. The molecule has 1 aliphatic heterocycles. The first-order valence-electron chi connectivity index (χ1n) is 9.73. The van der Waals surface area contributed by atoms with Crippen molar-refractivity contribution >= 4 is 22.5 Å². The zero-order valence-corrected chi connectivity index (χ0v) is 16.5. The highest BCUT2D eigenvalue weighted by atomic mass is 19.1. The molecular weight excluding hydrogens is 374 g/mol. The summed E-state index contributed by atoms with van der Waals surface area (Å²) in [4.78, 5) is 20.2. The molecule has 2 N–H and O–H groups in total. The number of halogens is 2. The van der Waals surface area contributed by atoms with Gasteiger partial charge < -0.3 is 20.1 Å². The van der Waals surface area contributed by atoms with Crippen LogP contribution in [0.25, 0.3) is 10.9 Å². The number of aromatic nitrogens is 1. The number of anilines is 1. The molecule has 0 radical (unpaired) electrons. The standard InChI is InChI=1S/C22H24F2N4O/c1-14(25-22(29)20-12-15-11-16(23)3-5-19(15)26-20)18-13-17(24)4-6-21(18)28-9-7-27(2)8-10-28/h3-6,11-14,26H,7-10H2,1-2H3,(H,25,29). The molecule has 1 amide bonds. The second-order valence-corrected chi connectivity index (χ2v) is 7.60. The molecule has 1 aliphatic rings. The van der Waals surface area contributed by atoms with Crippen molar-refractivity contribution in [1.82, 2.24) is 15.2 Å². The van der Waals surface area contributed by atoms with Gasteiger partial charge in [0.05, 0.1) is 6.04 Å². The maximum Gasteiger partial charge on any atom is 0.268 e. The van der Waals surface area contributed by atoms with E-state index >= 15 is 0 Å². The molecule has 1 saturated heterocycles. The van der Waals surface area contributed by atoms with Gasteiger partial charge in [-0.05, 0) is 56.4 Å². The molecule has 4 rings (SSSR count). The zero-order valence-electron chi connectivity index (χ0n) is 16.5. The van der Waals surface area contributed by atoms with Crippen LogP contribution in [0.1, 0.15) is 29.0 Å². The maximum atomic E-state index is 14.0. The summed E-state index contributed by atoms with van der Waals surface area (Å²) in [6.45, 7) is 5.41. The van der Waals surface area contributed by atoms with Gasteiger partial charge in [0.25, 0.3) is 5.91 Å². The van der Waals surface area contributed by atoms with Gasteiger partial charge in [-0.15, -0.1) is 0 Å². The van der Waals surface area contributed by atoms with E-state index in [4.69, 9.17) is 0 Å².